The number of pyridine rings is 1. The Morgan fingerprint density at radius 3 is 2.96 bits per heavy atom. The molecule has 1 amide bonds. The van der Waals surface area contributed by atoms with Crippen LogP contribution in [0.1, 0.15) is 34.7 Å². The number of aromatic nitrogens is 1. The number of hydrogen-bond acceptors (Lipinski definition) is 4. The molecule has 1 aliphatic rings. The molecule has 0 saturated heterocycles. The van der Waals surface area contributed by atoms with Crippen molar-refractivity contribution in [2.45, 2.75) is 38.8 Å². The molecular formula is C19H23N3O3. The standard InChI is InChI=1S/C19H23N3O3/c1-11-3-4-14-16(6-8-25-18(14)12(11)2)22-19(24)15(20)9-13-5-7-21-17(23)10-13/h3-5,7,10,15-16H,6,8-9,20H2,1-2H3,(H,21,23)(H,22,24)/t15?,16-/m1/s1. The fourth-order valence-corrected chi connectivity index (χ4v) is 3.10. The average molecular weight is 341 g/mol. The Morgan fingerprint density at radius 2 is 2.20 bits per heavy atom. The zero-order chi connectivity index (χ0) is 18.0. The smallest absolute Gasteiger partial charge is 0.248 e. The molecule has 3 rings (SSSR count). The van der Waals surface area contributed by atoms with Gasteiger partial charge in [-0.1, -0.05) is 12.1 Å². The normalized spacial score (nSPS) is 17.3. The summed E-state index contributed by atoms with van der Waals surface area (Å²) in [5, 5.41) is 3.03. The van der Waals surface area contributed by atoms with Crippen molar-refractivity contribution in [1.82, 2.24) is 10.3 Å². The summed E-state index contributed by atoms with van der Waals surface area (Å²) >= 11 is 0. The molecule has 1 aliphatic heterocycles. The fourth-order valence-electron chi connectivity index (χ4n) is 3.10. The molecule has 6 heteroatoms. The second-order valence-electron chi connectivity index (χ2n) is 6.50. The number of carbonyl (C=O) groups excluding carboxylic acids is 1. The van der Waals surface area contributed by atoms with Crippen molar-refractivity contribution in [3.63, 3.8) is 0 Å². The molecule has 2 aromatic rings. The Balaban J connectivity index is 1.72. The van der Waals surface area contributed by atoms with Gasteiger partial charge in [0.25, 0.3) is 0 Å². The van der Waals surface area contributed by atoms with Crippen molar-refractivity contribution in [2.24, 2.45) is 5.73 Å². The lowest BCUT2D eigenvalue weighted by molar-refractivity contribution is -0.123. The highest BCUT2D eigenvalue weighted by Crippen LogP contribution is 2.36. The van der Waals surface area contributed by atoms with E-state index in [1.807, 2.05) is 26.0 Å². The van der Waals surface area contributed by atoms with E-state index in [1.54, 1.807) is 12.3 Å². The van der Waals surface area contributed by atoms with E-state index >= 15 is 0 Å². The number of H-pyrrole nitrogens is 1. The van der Waals surface area contributed by atoms with Gasteiger partial charge in [0, 0.05) is 24.2 Å². The first-order chi connectivity index (χ1) is 12.0. The molecule has 0 radical (unpaired) electrons. The summed E-state index contributed by atoms with van der Waals surface area (Å²) in [6, 6.07) is 6.44. The molecule has 0 bridgehead atoms. The molecule has 1 unspecified atom stereocenters. The molecule has 25 heavy (non-hydrogen) atoms. The van der Waals surface area contributed by atoms with Gasteiger partial charge in [-0.2, -0.15) is 0 Å². The van der Waals surface area contributed by atoms with Gasteiger partial charge in [-0.05, 0) is 43.0 Å². The van der Waals surface area contributed by atoms with Gasteiger partial charge in [0.05, 0.1) is 18.7 Å². The summed E-state index contributed by atoms with van der Waals surface area (Å²) in [4.78, 5) is 26.4. The van der Waals surface area contributed by atoms with Crippen molar-refractivity contribution in [3.8, 4) is 5.75 Å². The molecule has 0 spiro atoms. The van der Waals surface area contributed by atoms with Gasteiger partial charge in [0.1, 0.15) is 5.75 Å². The van der Waals surface area contributed by atoms with Crippen molar-refractivity contribution in [3.05, 3.63) is 63.1 Å². The minimum atomic E-state index is -0.709. The third-order valence-electron chi connectivity index (χ3n) is 4.68. The van der Waals surface area contributed by atoms with Gasteiger partial charge in [-0.3, -0.25) is 9.59 Å². The van der Waals surface area contributed by atoms with Crippen LogP contribution in [0, 0.1) is 13.8 Å². The van der Waals surface area contributed by atoms with Gasteiger partial charge in [-0.15, -0.1) is 0 Å². The van der Waals surface area contributed by atoms with Crippen LogP contribution >= 0.6 is 0 Å². The van der Waals surface area contributed by atoms with E-state index in [0.717, 1.165) is 28.0 Å². The molecular weight excluding hydrogens is 318 g/mol. The molecule has 4 N–H and O–H groups in total. The van der Waals surface area contributed by atoms with Crippen LogP contribution in [0.4, 0.5) is 0 Å². The number of rotatable bonds is 4. The number of benzene rings is 1. The minimum Gasteiger partial charge on any atom is -0.493 e. The van der Waals surface area contributed by atoms with Crippen molar-refractivity contribution in [2.75, 3.05) is 6.61 Å². The van der Waals surface area contributed by atoms with Crippen LogP contribution in [0.25, 0.3) is 0 Å². The predicted molar refractivity (Wildman–Crippen MR) is 95.7 cm³/mol. The maximum atomic E-state index is 12.5. The van der Waals surface area contributed by atoms with Crippen LogP contribution in [0.5, 0.6) is 5.75 Å². The van der Waals surface area contributed by atoms with E-state index in [-0.39, 0.29) is 17.5 Å². The highest BCUT2D eigenvalue weighted by atomic mass is 16.5. The number of fused-ring (bicyclic) bond motifs is 1. The number of aromatic amines is 1. The van der Waals surface area contributed by atoms with Gasteiger partial charge in [-0.25, -0.2) is 0 Å². The number of aryl methyl sites for hydroxylation is 1. The Morgan fingerprint density at radius 1 is 1.40 bits per heavy atom. The summed E-state index contributed by atoms with van der Waals surface area (Å²) in [6.45, 7) is 4.63. The molecule has 2 atom stereocenters. The number of carbonyl (C=O) groups is 1. The third kappa shape index (κ3) is 3.74. The lowest BCUT2D eigenvalue weighted by Crippen LogP contribution is -2.44. The monoisotopic (exact) mass is 341 g/mol. The van der Waals surface area contributed by atoms with E-state index in [4.69, 9.17) is 10.5 Å². The number of nitrogens with one attached hydrogen (secondary N) is 2. The van der Waals surface area contributed by atoms with E-state index in [9.17, 15) is 9.59 Å². The zero-order valence-electron chi connectivity index (χ0n) is 14.5. The molecule has 6 nitrogen and oxygen atoms in total. The van der Waals surface area contributed by atoms with Gasteiger partial charge in [0.15, 0.2) is 0 Å². The Hall–Kier alpha value is -2.60. The molecule has 1 aromatic carbocycles. The van der Waals surface area contributed by atoms with Crippen LogP contribution < -0.4 is 21.3 Å². The third-order valence-corrected chi connectivity index (χ3v) is 4.68. The summed E-state index contributed by atoms with van der Waals surface area (Å²) < 4.78 is 5.80. The number of ether oxygens (including phenoxy) is 1. The first-order valence-electron chi connectivity index (χ1n) is 8.42. The van der Waals surface area contributed by atoms with E-state index in [2.05, 4.69) is 10.3 Å². The summed E-state index contributed by atoms with van der Waals surface area (Å²) in [6.07, 6.45) is 2.58. The van der Waals surface area contributed by atoms with Crippen LogP contribution in [-0.4, -0.2) is 23.5 Å². The maximum Gasteiger partial charge on any atom is 0.248 e. The highest BCUT2D eigenvalue weighted by molar-refractivity contribution is 5.82. The molecule has 0 saturated carbocycles. The van der Waals surface area contributed by atoms with E-state index < -0.39 is 6.04 Å². The maximum absolute atomic E-state index is 12.5. The second-order valence-corrected chi connectivity index (χ2v) is 6.50. The fraction of sp³-hybridized carbons (Fsp3) is 0.368. The zero-order valence-corrected chi connectivity index (χ0v) is 14.5. The second kappa shape index (κ2) is 7.11. The van der Waals surface area contributed by atoms with Gasteiger partial charge >= 0.3 is 0 Å². The SMILES string of the molecule is Cc1ccc2c(c1C)OCC[C@H]2NC(=O)C(N)Cc1cc[nH]c(=O)c1. The van der Waals surface area contributed by atoms with Gasteiger partial charge < -0.3 is 20.8 Å². The first-order valence-corrected chi connectivity index (χ1v) is 8.42. The summed E-state index contributed by atoms with van der Waals surface area (Å²) in [5.41, 5.74) is 9.83. The lowest BCUT2D eigenvalue weighted by Gasteiger charge is -2.29. The van der Waals surface area contributed by atoms with E-state index in [0.29, 0.717) is 19.4 Å². The molecule has 1 aromatic heterocycles. The molecule has 0 fully saturated rings. The summed E-state index contributed by atoms with van der Waals surface area (Å²) in [7, 11) is 0. The highest BCUT2D eigenvalue weighted by Gasteiger charge is 2.26. The van der Waals surface area contributed by atoms with Crippen molar-refractivity contribution in [1.29, 1.82) is 0 Å². The largest absolute Gasteiger partial charge is 0.493 e. The average Bonchev–Trinajstić information content (AvgIpc) is 2.58. The number of nitrogens with two attached hydrogens (primary N) is 1. The quantitative estimate of drug-likeness (QED) is 0.785. The van der Waals surface area contributed by atoms with E-state index in [1.165, 1.54) is 6.07 Å². The first kappa shape index (κ1) is 17.2. The number of amides is 1. The molecule has 2 heterocycles. The number of hydrogen-bond donors (Lipinski definition) is 3. The van der Waals surface area contributed by atoms with Crippen molar-refractivity contribution < 1.29 is 9.53 Å². The van der Waals surface area contributed by atoms with Crippen LogP contribution in [0.15, 0.2) is 35.3 Å². The lowest BCUT2D eigenvalue weighted by atomic mass is 9.95. The molecule has 132 valence electrons. The predicted octanol–water partition coefficient (Wildman–Crippen LogP) is 1.50. The summed E-state index contributed by atoms with van der Waals surface area (Å²) in [5.74, 6) is 0.635. The Labute approximate surface area is 146 Å². The van der Waals surface area contributed by atoms with Crippen LogP contribution in [0.3, 0.4) is 0 Å². The minimum absolute atomic E-state index is 0.110. The Kier molecular flexibility index (Phi) is 4.90. The van der Waals surface area contributed by atoms with Crippen molar-refractivity contribution >= 4 is 5.91 Å². The molecule has 0 aliphatic carbocycles. The van der Waals surface area contributed by atoms with Crippen LogP contribution in [-0.2, 0) is 11.2 Å². The van der Waals surface area contributed by atoms with Crippen LogP contribution in [0.2, 0.25) is 0 Å². The van der Waals surface area contributed by atoms with Gasteiger partial charge in [0.2, 0.25) is 11.5 Å². The topological polar surface area (TPSA) is 97.2 Å². The Bertz CT molecular complexity index is 844.